The van der Waals surface area contributed by atoms with E-state index in [1.807, 2.05) is 84.9 Å². The van der Waals surface area contributed by atoms with E-state index in [1.54, 1.807) is 0 Å². The fourth-order valence-corrected chi connectivity index (χ4v) is 3.17. The minimum absolute atomic E-state index is 0.0354. The normalized spacial score (nSPS) is 10.7. The first-order valence-corrected chi connectivity index (χ1v) is 8.83. The van der Waals surface area contributed by atoms with Crippen molar-refractivity contribution < 1.29 is 0 Å². The minimum Gasteiger partial charge on any atom is -0.396 e. The number of aromatic nitrogens is 2. The lowest BCUT2D eigenvalue weighted by Gasteiger charge is -2.14. The van der Waals surface area contributed by atoms with Gasteiger partial charge in [0, 0.05) is 11.1 Å². The molecule has 0 bridgehead atoms. The van der Waals surface area contributed by atoms with Gasteiger partial charge in [-0.3, -0.25) is 4.79 Å². The zero-order valence-corrected chi connectivity index (χ0v) is 15.1. The van der Waals surface area contributed by atoms with Gasteiger partial charge in [-0.2, -0.15) is 9.78 Å². The molecule has 0 aliphatic heterocycles. The average molecular weight is 374 g/mol. The van der Waals surface area contributed by atoms with Crippen LogP contribution in [0.5, 0.6) is 0 Å². The van der Waals surface area contributed by atoms with Gasteiger partial charge in [-0.25, -0.2) is 0 Å². The molecule has 1 heterocycles. The molecule has 0 saturated carbocycles. The van der Waals surface area contributed by atoms with Gasteiger partial charge in [0.15, 0.2) is 0 Å². The van der Waals surface area contributed by atoms with Crippen LogP contribution in [0, 0.1) is 0 Å². The van der Waals surface area contributed by atoms with Crippen LogP contribution in [-0.4, -0.2) is 9.78 Å². The lowest BCUT2D eigenvalue weighted by molar-refractivity contribution is 0.816. The predicted octanol–water partition coefficient (Wildman–Crippen LogP) is 4.80. The van der Waals surface area contributed by atoms with E-state index in [4.69, 9.17) is 17.3 Å². The fraction of sp³-hybridized carbons (Fsp3) is 0. The lowest BCUT2D eigenvalue weighted by atomic mass is 10.0. The summed E-state index contributed by atoms with van der Waals surface area (Å²) in [6.07, 6.45) is 0. The molecule has 3 aromatic carbocycles. The van der Waals surface area contributed by atoms with Crippen LogP contribution in [-0.2, 0) is 0 Å². The summed E-state index contributed by atoms with van der Waals surface area (Å²) in [5.74, 6) is 0. The van der Waals surface area contributed by atoms with Crippen molar-refractivity contribution in [1.82, 2.24) is 9.78 Å². The van der Waals surface area contributed by atoms with Gasteiger partial charge in [0.2, 0.25) is 0 Å². The number of hydrogen-bond acceptors (Lipinski definition) is 3. The Morgan fingerprint density at radius 2 is 1.33 bits per heavy atom. The van der Waals surface area contributed by atoms with E-state index in [0.29, 0.717) is 11.4 Å². The third-order valence-electron chi connectivity index (χ3n) is 4.34. The highest BCUT2D eigenvalue weighted by Crippen LogP contribution is 2.30. The average Bonchev–Trinajstić information content (AvgIpc) is 2.74. The molecule has 0 unspecified atom stereocenters. The third kappa shape index (κ3) is 3.11. The topological polar surface area (TPSA) is 60.9 Å². The number of para-hydroxylation sites is 1. The van der Waals surface area contributed by atoms with Gasteiger partial charge in [0.25, 0.3) is 5.56 Å². The minimum atomic E-state index is -0.447. The number of rotatable bonds is 3. The van der Waals surface area contributed by atoms with E-state index < -0.39 is 5.56 Å². The van der Waals surface area contributed by atoms with Crippen molar-refractivity contribution in [3.05, 3.63) is 100 Å². The van der Waals surface area contributed by atoms with Crippen LogP contribution in [0.15, 0.2) is 89.7 Å². The van der Waals surface area contributed by atoms with Crippen LogP contribution < -0.4 is 11.3 Å². The first-order chi connectivity index (χ1) is 13.2. The summed E-state index contributed by atoms with van der Waals surface area (Å²) in [4.78, 5) is 12.8. The zero-order valence-electron chi connectivity index (χ0n) is 14.3. The van der Waals surface area contributed by atoms with Crippen molar-refractivity contribution in [2.45, 2.75) is 0 Å². The van der Waals surface area contributed by atoms with Crippen LogP contribution in [0.3, 0.4) is 0 Å². The van der Waals surface area contributed by atoms with Crippen molar-refractivity contribution in [1.29, 1.82) is 0 Å². The monoisotopic (exact) mass is 373 g/mol. The summed E-state index contributed by atoms with van der Waals surface area (Å²) in [7, 11) is 0. The Hall–Kier alpha value is -3.37. The van der Waals surface area contributed by atoms with E-state index in [1.165, 1.54) is 4.68 Å². The summed E-state index contributed by atoms with van der Waals surface area (Å²) in [5.41, 5.74) is 9.62. The van der Waals surface area contributed by atoms with Crippen molar-refractivity contribution in [2.24, 2.45) is 0 Å². The zero-order chi connectivity index (χ0) is 18.8. The molecule has 0 aliphatic rings. The van der Waals surface area contributed by atoms with Crippen LogP contribution in [0.25, 0.3) is 28.1 Å². The molecule has 132 valence electrons. The Labute approximate surface area is 161 Å². The van der Waals surface area contributed by atoms with Crippen LogP contribution >= 0.6 is 11.6 Å². The summed E-state index contributed by atoms with van der Waals surface area (Å²) >= 11 is 6.29. The lowest BCUT2D eigenvalue weighted by Crippen LogP contribution is -2.24. The molecule has 0 spiro atoms. The van der Waals surface area contributed by atoms with Gasteiger partial charge in [-0.15, -0.1) is 0 Å². The summed E-state index contributed by atoms with van der Waals surface area (Å²) in [6, 6.07) is 26.9. The van der Waals surface area contributed by atoms with Crippen molar-refractivity contribution >= 4 is 17.3 Å². The second kappa shape index (κ2) is 7.09. The van der Waals surface area contributed by atoms with Gasteiger partial charge in [-0.05, 0) is 11.6 Å². The van der Waals surface area contributed by atoms with Gasteiger partial charge < -0.3 is 5.73 Å². The maximum atomic E-state index is 12.8. The van der Waals surface area contributed by atoms with Gasteiger partial charge in [0.1, 0.15) is 10.7 Å². The Kier molecular flexibility index (Phi) is 4.48. The van der Waals surface area contributed by atoms with Crippen molar-refractivity contribution in [3.8, 4) is 28.1 Å². The Balaban J connectivity index is 1.99. The molecule has 0 saturated heterocycles. The second-order valence-corrected chi connectivity index (χ2v) is 6.42. The van der Waals surface area contributed by atoms with Crippen molar-refractivity contribution in [2.75, 3.05) is 5.73 Å². The number of anilines is 1. The molecule has 0 radical (unpaired) electrons. The Morgan fingerprint density at radius 1 is 0.778 bits per heavy atom. The molecule has 0 aliphatic carbocycles. The molecule has 0 amide bonds. The summed E-state index contributed by atoms with van der Waals surface area (Å²) in [6.45, 7) is 0. The highest BCUT2D eigenvalue weighted by atomic mass is 35.5. The van der Waals surface area contributed by atoms with Crippen LogP contribution in [0.4, 0.5) is 5.69 Å². The molecule has 4 nitrogen and oxygen atoms in total. The number of nitrogens with zero attached hydrogens (tertiary/aromatic N) is 2. The molecule has 1 aromatic heterocycles. The predicted molar refractivity (Wildman–Crippen MR) is 110 cm³/mol. The molecule has 0 fully saturated rings. The molecular formula is C22H16ClN3O. The van der Waals surface area contributed by atoms with E-state index >= 15 is 0 Å². The standard InChI is InChI=1S/C22H16ClN3O/c23-19-20(24)21(16-11-5-2-6-12-16)25-26(22(19)27)18-14-8-7-13-17(18)15-9-3-1-4-10-15/h1-14H,24H2. The van der Waals surface area contributed by atoms with Gasteiger partial charge in [0.05, 0.1) is 11.4 Å². The number of halogens is 1. The van der Waals surface area contributed by atoms with E-state index in [0.717, 1.165) is 16.7 Å². The molecule has 27 heavy (non-hydrogen) atoms. The molecule has 4 rings (SSSR count). The van der Waals surface area contributed by atoms with Gasteiger partial charge >= 0.3 is 0 Å². The highest BCUT2D eigenvalue weighted by molar-refractivity contribution is 6.33. The third-order valence-corrected chi connectivity index (χ3v) is 4.70. The largest absolute Gasteiger partial charge is 0.396 e. The first-order valence-electron chi connectivity index (χ1n) is 8.45. The molecular weight excluding hydrogens is 358 g/mol. The number of nitrogen functional groups attached to an aromatic ring is 1. The summed E-state index contributed by atoms with van der Waals surface area (Å²) in [5, 5.41) is 4.52. The molecule has 5 heteroatoms. The fourth-order valence-electron chi connectivity index (χ4n) is 3.00. The van der Waals surface area contributed by atoms with Crippen LogP contribution in [0.2, 0.25) is 5.02 Å². The number of benzene rings is 3. The van der Waals surface area contributed by atoms with Crippen LogP contribution in [0.1, 0.15) is 0 Å². The Bertz CT molecular complexity index is 1160. The number of hydrogen-bond donors (Lipinski definition) is 1. The maximum Gasteiger partial charge on any atom is 0.292 e. The quantitative estimate of drug-likeness (QED) is 0.561. The second-order valence-electron chi connectivity index (χ2n) is 6.04. The highest BCUT2D eigenvalue weighted by Gasteiger charge is 2.17. The summed E-state index contributed by atoms with van der Waals surface area (Å²) < 4.78 is 1.32. The smallest absolute Gasteiger partial charge is 0.292 e. The SMILES string of the molecule is Nc1c(-c2ccccc2)nn(-c2ccccc2-c2ccccc2)c(=O)c1Cl. The first kappa shape index (κ1) is 17.1. The van der Waals surface area contributed by atoms with E-state index in [9.17, 15) is 4.79 Å². The van der Waals surface area contributed by atoms with Crippen molar-refractivity contribution in [3.63, 3.8) is 0 Å². The Morgan fingerprint density at radius 3 is 2.00 bits per heavy atom. The van der Waals surface area contributed by atoms with Gasteiger partial charge in [-0.1, -0.05) is 90.5 Å². The molecule has 0 atom stereocenters. The molecule has 4 aromatic rings. The maximum absolute atomic E-state index is 12.8. The number of nitrogens with two attached hydrogens (primary N) is 1. The molecule has 2 N–H and O–H groups in total. The van der Waals surface area contributed by atoms with E-state index in [2.05, 4.69) is 5.10 Å². The van der Waals surface area contributed by atoms with E-state index in [-0.39, 0.29) is 10.7 Å².